The van der Waals surface area contributed by atoms with Crippen LogP contribution in [-0.4, -0.2) is 23.8 Å². The molecule has 1 aliphatic heterocycles. The molecule has 0 radical (unpaired) electrons. The molecule has 1 aliphatic rings. The second-order valence-corrected chi connectivity index (χ2v) is 2.25. The van der Waals surface area contributed by atoms with Crippen LogP contribution < -0.4 is 0 Å². The van der Waals surface area contributed by atoms with Gasteiger partial charge in [-0.15, -0.1) is 0 Å². The van der Waals surface area contributed by atoms with Gasteiger partial charge in [0.25, 0.3) is 0 Å². The maximum absolute atomic E-state index is 10.0. The smallest absolute Gasteiger partial charge is 0.328 e. The van der Waals surface area contributed by atoms with E-state index in [9.17, 15) is 4.79 Å². The van der Waals surface area contributed by atoms with Crippen LogP contribution in [-0.2, 0) is 9.53 Å². The highest BCUT2D eigenvalue weighted by Crippen LogP contribution is 2.12. The van der Waals surface area contributed by atoms with Gasteiger partial charge in [-0.2, -0.15) is 0 Å². The van der Waals surface area contributed by atoms with Gasteiger partial charge >= 0.3 is 5.97 Å². The van der Waals surface area contributed by atoms with Gasteiger partial charge in [0.15, 0.2) is 0 Å². The van der Waals surface area contributed by atoms with Crippen molar-refractivity contribution < 1.29 is 14.6 Å². The van der Waals surface area contributed by atoms with E-state index < -0.39 is 5.97 Å². The second kappa shape index (κ2) is 3.37. The van der Waals surface area contributed by atoms with Gasteiger partial charge in [0.2, 0.25) is 0 Å². The van der Waals surface area contributed by atoms with Crippen molar-refractivity contribution >= 4 is 5.97 Å². The van der Waals surface area contributed by atoms with Gasteiger partial charge in [0.05, 0.1) is 6.10 Å². The number of aliphatic carboxylic acids is 1. The summed E-state index contributed by atoms with van der Waals surface area (Å²) in [5.74, 6) is -0.907. The number of rotatable bonds is 2. The molecule has 0 bridgehead atoms. The number of hydrogen-bond acceptors (Lipinski definition) is 2. The van der Waals surface area contributed by atoms with Crippen LogP contribution in [0.4, 0.5) is 0 Å². The lowest BCUT2D eigenvalue weighted by atomic mass is 10.2. The zero-order chi connectivity index (χ0) is 7.40. The van der Waals surface area contributed by atoms with Gasteiger partial charge in [-0.25, -0.2) is 4.79 Å². The van der Waals surface area contributed by atoms with Crippen molar-refractivity contribution in [3.63, 3.8) is 0 Å². The minimum atomic E-state index is -0.907. The summed E-state index contributed by atoms with van der Waals surface area (Å²) in [5.41, 5.74) is 0. The fourth-order valence-corrected chi connectivity index (χ4v) is 0.944. The fraction of sp³-hybridized carbons (Fsp3) is 0.571. The van der Waals surface area contributed by atoms with E-state index in [1.165, 1.54) is 0 Å². The Morgan fingerprint density at radius 2 is 2.50 bits per heavy atom. The number of carboxylic acids is 1. The SMILES string of the molecule is O=C(O)/C=C/[C@@H]1CCCO1. The van der Waals surface area contributed by atoms with Crippen LogP contribution in [0.1, 0.15) is 12.8 Å². The molecule has 1 atom stereocenters. The van der Waals surface area contributed by atoms with Gasteiger partial charge < -0.3 is 9.84 Å². The van der Waals surface area contributed by atoms with E-state index in [1.54, 1.807) is 6.08 Å². The van der Waals surface area contributed by atoms with Gasteiger partial charge in [0, 0.05) is 12.7 Å². The molecule has 0 aliphatic carbocycles. The van der Waals surface area contributed by atoms with Crippen molar-refractivity contribution in [2.45, 2.75) is 18.9 Å². The third kappa shape index (κ3) is 2.19. The van der Waals surface area contributed by atoms with Crippen molar-refractivity contribution in [3.8, 4) is 0 Å². The van der Waals surface area contributed by atoms with Crippen LogP contribution in [0.25, 0.3) is 0 Å². The first-order valence-electron chi connectivity index (χ1n) is 3.32. The molecule has 1 fully saturated rings. The molecule has 0 spiro atoms. The van der Waals surface area contributed by atoms with Crippen molar-refractivity contribution in [2.24, 2.45) is 0 Å². The number of carboxylic acid groups (broad SMARTS) is 1. The van der Waals surface area contributed by atoms with E-state index in [0.29, 0.717) is 0 Å². The maximum atomic E-state index is 10.0. The molecule has 56 valence electrons. The number of hydrogen-bond donors (Lipinski definition) is 1. The minimum absolute atomic E-state index is 0.0381. The second-order valence-electron chi connectivity index (χ2n) is 2.25. The Hall–Kier alpha value is -0.830. The van der Waals surface area contributed by atoms with Gasteiger partial charge in [-0.1, -0.05) is 0 Å². The third-order valence-electron chi connectivity index (χ3n) is 1.42. The summed E-state index contributed by atoms with van der Waals surface area (Å²) in [4.78, 5) is 10.0. The molecule has 0 aromatic rings. The monoisotopic (exact) mass is 142 g/mol. The fourth-order valence-electron chi connectivity index (χ4n) is 0.944. The standard InChI is InChI=1S/C7H10O3/c8-7(9)4-3-6-2-1-5-10-6/h3-4,6H,1-2,5H2,(H,8,9)/b4-3+/t6-/m0/s1. The molecule has 1 heterocycles. The topological polar surface area (TPSA) is 46.5 Å². The predicted octanol–water partition coefficient (Wildman–Crippen LogP) is 0.806. The zero-order valence-electron chi connectivity index (χ0n) is 5.62. The summed E-state index contributed by atoms with van der Waals surface area (Å²) in [7, 11) is 0. The average molecular weight is 142 g/mol. The van der Waals surface area contributed by atoms with Crippen LogP contribution in [0.3, 0.4) is 0 Å². The quantitative estimate of drug-likeness (QED) is 0.580. The first-order valence-corrected chi connectivity index (χ1v) is 3.32. The van der Waals surface area contributed by atoms with Gasteiger partial charge in [-0.3, -0.25) is 0 Å². The van der Waals surface area contributed by atoms with Crippen LogP contribution in [0.15, 0.2) is 12.2 Å². The van der Waals surface area contributed by atoms with E-state index in [1.807, 2.05) is 0 Å². The maximum Gasteiger partial charge on any atom is 0.328 e. The van der Waals surface area contributed by atoms with Crippen molar-refractivity contribution in [2.75, 3.05) is 6.61 Å². The molecule has 0 amide bonds. The summed E-state index contributed by atoms with van der Waals surface area (Å²) in [5, 5.41) is 8.23. The van der Waals surface area contributed by atoms with E-state index in [0.717, 1.165) is 25.5 Å². The highest BCUT2D eigenvalue weighted by Gasteiger charge is 2.11. The number of carbonyl (C=O) groups is 1. The Morgan fingerprint density at radius 3 is 3.00 bits per heavy atom. The molecule has 1 saturated heterocycles. The van der Waals surface area contributed by atoms with Crippen LogP contribution in [0.2, 0.25) is 0 Å². The average Bonchev–Trinajstić information content (AvgIpc) is 2.34. The summed E-state index contributed by atoms with van der Waals surface area (Å²) in [6, 6.07) is 0. The first kappa shape index (κ1) is 7.28. The molecule has 1 rings (SSSR count). The Morgan fingerprint density at radius 1 is 1.70 bits per heavy atom. The molecule has 0 aromatic carbocycles. The molecule has 0 unspecified atom stereocenters. The summed E-state index contributed by atoms with van der Waals surface area (Å²) in [6.45, 7) is 0.759. The third-order valence-corrected chi connectivity index (χ3v) is 1.42. The summed E-state index contributed by atoms with van der Waals surface area (Å²) >= 11 is 0. The van der Waals surface area contributed by atoms with E-state index in [4.69, 9.17) is 9.84 Å². The van der Waals surface area contributed by atoms with Crippen molar-refractivity contribution in [1.29, 1.82) is 0 Å². The minimum Gasteiger partial charge on any atom is -0.478 e. The highest BCUT2D eigenvalue weighted by atomic mass is 16.5. The number of ether oxygens (including phenoxy) is 1. The Kier molecular flexibility index (Phi) is 2.45. The molecule has 3 heteroatoms. The molecule has 0 aromatic heterocycles. The predicted molar refractivity (Wildman–Crippen MR) is 35.7 cm³/mol. The van der Waals surface area contributed by atoms with E-state index in [2.05, 4.69) is 0 Å². The van der Waals surface area contributed by atoms with Crippen molar-refractivity contribution in [1.82, 2.24) is 0 Å². The molecular formula is C7H10O3. The molecule has 0 saturated carbocycles. The zero-order valence-corrected chi connectivity index (χ0v) is 5.62. The summed E-state index contributed by atoms with van der Waals surface area (Å²) in [6.07, 6.45) is 4.75. The Balaban J connectivity index is 2.29. The Labute approximate surface area is 59.3 Å². The normalized spacial score (nSPS) is 25.8. The van der Waals surface area contributed by atoms with Crippen LogP contribution >= 0.6 is 0 Å². The first-order chi connectivity index (χ1) is 4.79. The summed E-state index contributed by atoms with van der Waals surface area (Å²) < 4.78 is 5.15. The molecule has 10 heavy (non-hydrogen) atoms. The van der Waals surface area contributed by atoms with E-state index >= 15 is 0 Å². The van der Waals surface area contributed by atoms with Gasteiger partial charge in [-0.05, 0) is 18.9 Å². The van der Waals surface area contributed by atoms with Crippen LogP contribution in [0, 0.1) is 0 Å². The van der Waals surface area contributed by atoms with Gasteiger partial charge in [0.1, 0.15) is 0 Å². The molecular weight excluding hydrogens is 132 g/mol. The molecule has 3 nitrogen and oxygen atoms in total. The largest absolute Gasteiger partial charge is 0.478 e. The highest BCUT2D eigenvalue weighted by molar-refractivity contribution is 5.79. The lowest BCUT2D eigenvalue weighted by Gasteiger charge is -1.98. The van der Waals surface area contributed by atoms with E-state index in [-0.39, 0.29) is 6.10 Å². The lowest BCUT2D eigenvalue weighted by molar-refractivity contribution is -0.131. The van der Waals surface area contributed by atoms with Crippen molar-refractivity contribution in [3.05, 3.63) is 12.2 Å². The Bertz CT molecular complexity index is 145. The molecule has 1 N–H and O–H groups in total. The van der Waals surface area contributed by atoms with Crippen LogP contribution in [0.5, 0.6) is 0 Å². The lowest BCUT2D eigenvalue weighted by Crippen LogP contribution is -2.00.